The van der Waals surface area contributed by atoms with E-state index < -0.39 is 46.6 Å². The number of anilines is 1. The van der Waals surface area contributed by atoms with Crippen LogP contribution in [0.25, 0.3) is 0 Å². The summed E-state index contributed by atoms with van der Waals surface area (Å²) in [5.74, 6) is -5.45. The fourth-order valence-electron chi connectivity index (χ4n) is 2.74. The molecule has 2 aromatic heterocycles. The molecule has 9 nitrogen and oxygen atoms in total. The van der Waals surface area contributed by atoms with Gasteiger partial charge in [-0.2, -0.15) is 4.37 Å². The summed E-state index contributed by atoms with van der Waals surface area (Å²) in [5, 5.41) is 4.33. The highest BCUT2D eigenvalue weighted by atomic mass is 35.5. The Balaban J connectivity index is 1.57. The minimum absolute atomic E-state index is 0.0170. The third-order valence-corrected chi connectivity index (χ3v) is 5.41. The van der Waals surface area contributed by atoms with Crippen molar-refractivity contribution in [1.82, 2.24) is 19.2 Å². The highest BCUT2D eigenvalue weighted by Crippen LogP contribution is 2.31. The van der Waals surface area contributed by atoms with Gasteiger partial charge in [0.2, 0.25) is 5.88 Å². The molecule has 3 rings (SSSR count). The Labute approximate surface area is 194 Å². The molecular formula is C19H18ClF3N6O3S. The maximum Gasteiger partial charge on any atom is 0.319 e. The molecule has 0 saturated heterocycles. The minimum Gasteiger partial charge on any atom is -0.471 e. The molecular weight excluding hydrogens is 485 g/mol. The molecule has 2 heterocycles. The summed E-state index contributed by atoms with van der Waals surface area (Å²) in [5.41, 5.74) is 4.30. The van der Waals surface area contributed by atoms with E-state index in [0.29, 0.717) is 30.6 Å². The molecule has 0 aliphatic rings. The van der Waals surface area contributed by atoms with E-state index in [9.17, 15) is 22.8 Å². The summed E-state index contributed by atoms with van der Waals surface area (Å²) in [6.45, 7) is 0.330. The highest BCUT2D eigenvalue weighted by molar-refractivity contribution is 7.11. The van der Waals surface area contributed by atoms with Gasteiger partial charge in [-0.25, -0.2) is 22.9 Å². The molecule has 0 aliphatic carbocycles. The first kappa shape index (κ1) is 24.3. The number of hydrogen-bond acceptors (Lipinski definition) is 6. The second-order valence-corrected chi connectivity index (χ2v) is 7.86. The average molecular weight is 503 g/mol. The summed E-state index contributed by atoms with van der Waals surface area (Å²) in [6.07, 6.45) is 6.71. The number of hydrogen-bond donors (Lipinski definition) is 3. The number of carbonyl (C=O) groups is 2. The molecule has 0 saturated carbocycles. The molecule has 1 aromatic carbocycles. The number of imidazole rings is 1. The summed E-state index contributed by atoms with van der Waals surface area (Å²) in [7, 11) is 0. The van der Waals surface area contributed by atoms with Gasteiger partial charge in [-0.05, 0) is 30.4 Å². The second-order valence-electron chi connectivity index (χ2n) is 6.68. The van der Waals surface area contributed by atoms with Gasteiger partial charge in [-0.15, -0.1) is 0 Å². The van der Waals surface area contributed by atoms with Gasteiger partial charge in [-0.1, -0.05) is 11.6 Å². The lowest BCUT2D eigenvalue weighted by Gasteiger charge is -2.09. The number of halogens is 4. The van der Waals surface area contributed by atoms with Crippen molar-refractivity contribution in [1.29, 1.82) is 0 Å². The van der Waals surface area contributed by atoms with Crippen LogP contribution >= 0.6 is 23.1 Å². The number of urea groups is 1. The second kappa shape index (κ2) is 11.0. The smallest absolute Gasteiger partial charge is 0.319 e. The van der Waals surface area contributed by atoms with E-state index in [2.05, 4.69) is 20.0 Å². The molecule has 0 aliphatic heterocycles. The maximum atomic E-state index is 14.0. The monoisotopic (exact) mass is 502 g/mol. The number of aromatic nitrogens is 3. The molecule has 0 spiro atoms. The minimum atomic E-state index is -1.53. The Bertz CT molecular complexity index is 1140. The Morgan fingerprint density at radius 3 is 2.73 bits per heavy atom. The van der Waals surface area contributed by atoms with Crippen LogP contribution in [0.5, 0.6) is 5.88 Å². The molecule has 0 bridgehead atoms. The molecule has 3 aromatic rings. The summed E-state index contributed by atoms with van der Waals surface area (Å²) >= 11 is 6.07. The number of nitrogens with one attached hydrogen (secondary N) is 2. The van der Waals surface area contributed by atoms with Gasteiger partial charge in [0.15, 0.2) is 11.6 Å². The number of aryl methyl sites for hydroxylation is 1. The van der Waals surface area contributed by atoms with E-state index in [1.165, 1.54) is 0 Å². The number of ether oxygens (including phenoxy) is 1. The molecule has 14 heteroatoms. The van der Waals surface area contributed by atoms with Crippen molar-refractivity contribution < 1.29 is 27.5 Å². The molecule has 4 N–H and O–H groups in total. The van der Waals surface area contributed by atoms with Crippen molar-refractivity contribution in [3.05, 3.63) is 58.4 Å². The van der Waals surface area contributed by atoms with E-state index in [0.717, 1.165) is 13.0 Å². The van der Waals surface area contributed by atoms with Crippen LogP contribution < -0.4 is 21.1 Å². The molecule has 3 amide bonds. The van der Waals surface area contributed by atoms with Crippen LogP contribution in [0.1, 0.15) is 28.8 Å². The van der Waals surface area contributed by atoms with Crippen LogP contribution in [-0.2, 0) is 13.2 Å². The van der Waals surface area contributed by atoms with Crippen molar-refractivity contribution in [2.45, 2.75) is 26.0 Å². The largest absolute Gasteiger partial charge is 0.471 e. The number of unbranched alkanes of at least 4 members (excludes halogenated alkanes) is 1. The van der Waals surface area contributed by atoms with Gasteiger partial charge in [-0.3, -0.25) is 10.1 Å². The van der Waals surface area contributed by atoms with Gasteiger partial charge in [0.1, 0.15) is 23.0 Å². The first-order valence-electron chi connectivity index (χ1n) is 9.52. The zero-order valence-corrected chi connectivity index (χ0v) is 18.5. The Morgan fingerprint density at radius 1 is 1.24 bits per heavy atom. The molecule has 0 unspecified atom stereocenters. The van der Waals surface area contributed by atoms with Crippen LogP contribution in [0.4, 0.5) is 23.0 Å². The molecule has 176 valence electrons. The predicted molar refractivity (Wildman–Crippen MR) is 115 cm³/mol. The van der Waals surface area contributed by atoms with E-state index in [1.807, 2.05) is 10.8 Å². The van der Waals surface area contributed by atoms with E-state index in [-0.39, 0.29) is 16.4 Å². The zero-order valence-electron chi connectivity index (χ0n) is 16.9. The first-order chi connectivity index (χ1) is 15.8. The van der Waals surface area contributed by atoms with Crippen molar-refractivity contribution in [3.63, 3.8) is 0 Å². The number of rotatable bonds is 10. The standard InChI is InChI=1S/C19H18ClF3N6O3S/c20-11-7-12(21)10(14(22)15(11)23)8-32-17-13(16(24)30)18(33-28-17)27-19(31)26-3-1-2-5-29-6-4-25-9-29/h4,6-7,9H,1-3,5,8H2,(H2,24,30)(H2,26,27,31). The van der Waals surface area contributed by atoms with Crippen molar-refractivity contribution in [2.75, 3.05) is 11.9 Å². The van der Waals surface area contributed by atoms with Gasteiger partial charge >= 0.3 is 6.03 Å². The number of primary amides is 1. The third-order valence-electron chi connectivity index (χ3n) is 4.38. The Morgan fingerprint density at radius 2 is 2.03 bits per heavy atom. The van der Waals surface area contributed by atoms with Gasteiger partial charge < -0.3 is 20.4 Å². The first-order valence-corrected chi connectivity index (χ1v) is 10.7. The number of benzene rings is 1. The van der Waals surface area contributed by atoms with Crippen molar-refractivity contribution in [3.8, 4) is 5.88 Å². The normalized spacial score (nSPS) is 10.8. The lowest BCUT2D eigenvalue weighted by atomic mass is 10.2. The fraction of sp³-hybridized carbons (Fsp3) is 0.263. The van der Waals surface area contributed by atoms with Crippen molar-refractivity contribution in [2.24, 2.45) is 5.73 Å². The van der Waals surface area contributed by atoms with Crippen LogP contribution in [0, 0.1) is 17.5 Å². The topological polar surface area (TPSA) is 124 Å². The average Bonchev–Trinajstić information content (AvgIpc) is 3.42. The van der Waals surface area contributed by atoms with Crippen LogP contribution in [0.2, 0.25) is 5.02 Å². The Kier molecular flexibility index (Phi) is 8.11. The van der Waals surface area contributed by atoms with Gasteiger partial charge in [0.25, 0.3) is 5.91 Å². The summed E-state index contributed by atoms with van der Waals surface area (Å²) < 4.78 is 52.4. The van der Waals surface area contributed by atoms with Gasteiger partial charge in [0, 0.05) is 25.5 Å². The lowest BCUT2D eigenvalue weighted by molar-refractivity contribution is 0.0996. The van der Waals surface area contributed by atoms with Gasteiger partial charge in [0.05, 0.1) is 16.9 Å². The third kappa shape index (κ3) is 6.14. The zero-order chi connectivity index (χ0) is 24.0. The van der Waals surface area contributed by atoms with Crippen molar-refractivity contribution >= 4 is 40.1 Å². The SMILES string of the molecule is NC(=O)c1c(OCc2c(F)cc(Cl)c(F)c2F)nsc1NC(=O)NCCCCn1ccnc1. The number of nitrogens with zero attached hydrogens (tertiary/aromatic N) is 3. The molecule has 0 radical (unpaired) electrons. The Hall–Kier alpha value is -3.32. The quantitative estimate of drug-likeness (QED) is 0.221. The number of carbonyl (C=O) groups excluding carboxylic acids is 2. The summed E-state index contributed by atoms with van der Waals surface area (Å²) in [6, 6.07) is -0.00578. The van der Waals surface area contributed by atoms with Crippen LogP contribution in [0.15, 0.2) is 24.8 Å². The van der Waals surface area contributed by atoms with E-state index in [4.69, 9.17) is 22.1 Å². The lowest BCUT2D eigenvalue weighted by Crippen LogP contribution is -2.30. The molecule has 0 atom stereocenters. The summed E-state index contributed by atoms with van der Waals surface area (Å²) in [4.78, 5) is 27.9. The molecule has 33 heavy (non-hydrogen) atoms. The number of nitrogens with two attached hydrogens (primary N) is 1. The van der Waals surface area contributed by atoms with E-state index in [1.54, 1.807) is 12.5 Å². The van der Waals surface area contributed by atoms with Crippen LogP contribution in [0.3, 0.4) is 0 Å². The fourth-order valence-corrected chi connectivity index (χ4v) is 3.66. The molecule has 0 fully saturated rings. The predicted octanol–water partition coefficient (Wildman–Crippen LogP) is 3.69. The maximum absolute atomic E-state index is 14.0. The highest BCUT2D eigenvalue weighted by Gasteiger charge is 2.24. The number of amides is 3. The van der Waals surface area contributed by atoms with Crippen LogP contribution in [-0.4, -0.2) is 32.4 Å². The van der Waals surface area contributed by atoms with E-state index >= 15 is 0 Å².